The van der Waals surface area contributed by atoms with Crippen LogP contribution in [0.5, 0.6) is 11.6 Å². The quantitative estimate of drug-likeness (QED) is 0.337. The van der Waals surface area contributed by atoms with Crippen molar-refractivity contribution in [1.29, 1.82) is 0 Å². The number of fused-ring (bicyclic) bond motifs is 1. The molecule has 1 aliphatic carbocycles. The molecule has 2 aromatic carbocycles. The second-order valence-corrected chi connectivity index (χ2v) is 11.4. The van der Waals surface area contributed by atoms with Gasteiger partial charge in [-0.3, -0.25) is 9.69 Å². The molecule has 3 aliphatic rings. The van der Waals surface area contributed by atoms with Gasteiger partial charge in [-0.05, 0) is 71.4 Å². The molecule has 210 valence electrons. The predicted octanol–water partition coefficient (Wildman–Crippen LogP) is 6.33. The Kier molecular flexibility index (Phi) is 7.21. The van der Waals surface area contributed by atoms with Crippen LogP contribution in [0.1, 0.15) is 60.5 Å². The number of aryl methyl sites for hydroxylation is 1. The molecule has 0 spiro atoms. The normalized spacial score (nSPS) is 20.6. The predicted molar refractivity (Wildman–Crippen MR) is 147 cm³/mol. The summed E-state index contributed by atoms with van der Waals surface area (Å²) >= 11 is 0. The molecule has 0 bridgehead atoms. The zero-order valence-corrected chi connectivity index (χ0v) is 22.8. The van der Waals surface area contributed by atoms with Gasteiger partial charge in [0.05, 0.1) is 19.2 Å². The van der Waals surface area contributed by atoms with Gasteiger partial charge >= 0.3 is 5.97 Å². The molecule has 2 fully saturated rings. The lowest BCUT2D eigenvalue weighted by Crippen LogP contribution is -2.47. The first-order chi connectivity index (χ1) is 19.3. The van der Waals surface area contributed by atoms with Crippen LogP contribution in [0.15, 0.2) is 48.7 Å². The summed E-state index contributed by atoms with van der Waals surface area (Å²) in [7, 11) is 1.49. The molecule has 3 aromatic rings. The van der Waals surface area contributed by atoms with Crippen LogP contribution in [0, 0.1) is 17.7 Å². The molecule has 2 unspecified atom stereocenters. The topological polar surface area (TPSA) is 71.9 Å². The van der Waals surface area contributed by atoms with Gasteiger partial charge in [0.1, 0.15) is 23.8 Å². The summed E-state index contributed by atoms with van der Waals surface area (Å²) in [6.45, 7) is 3.01. The molecule has 1 saturated carbocycles. The number of carboxylic acids is 1. The van der Waals surface area contributed by atoms with Crippen molar-refractivity contribution in [3.8, 4) is 22.8 Å². The van der Waals surface area contributed by atoms with Gasteiger partial charge in [0, 0.05) is 31.3 Å². The van der Waals surface area contributed by atoms with E-state index in [0.29, 0.717) is 37.0 Å². The van der Waals surface area contributed by atoms with Gasteiger partial charge in [0.25, 0.3) is 0 Å². The lowest BCUT2D eigenvalue weighted by Gasteiger charge is -2.35. The molecule has 6 nitrogen and oxygen atoms in total. The molecule has 1 aromatic heterocycles. The number of likely N-dealkylation sites (tertiary alicyclic amines) is 1. The molecule has 6 rings (SSSR count). The number of nitrogens with zero attached hydrogens (tertiary/aromatic N) is 2. The summed E-state index contributed by atoms with van der Waals surface area (Å²) in [6, 6.07) is 13.7. The van der Waals surface area contributed by atoms with E-state index in [1.165, 1.54) is 7.11 Å². The fraction of sp³-hybridized carbons (Fsp3) is 0.438. The average Bonchev–Trinajstić information content (AvgIpc) is 3.77. The molecule has 0 radical (unpaired) electrons. The number of rotatable bonds is 9. The monoisotopic (exact) mass is 548 g/mol. The summed E-state index contributed by atoms with van der Waals surface area (Å²) in [5, 5.41) is 9.71. The van der Waals surface area contributed by atoms with Crippen LogP contribution in [0.25, 0.3) is 11.1 Å². The number of aliphatic carboxylic acids is 1. The van der Waals surface area contributed by atoms with Gasteiger partial charge in [0.2, 0.25) is 5.88 Å². The van der Waals surface area contributed by atoms with Gasteiger partial charge < -0.3 is 14.6 Å². The van der Waals surface area contributed by atoms with Gasteiger partial charge in [0.15, 0.2) is 0 Å². The number of hydrogen-bond acceptors (Lipinski definition) is 5. The first-order valence-corrected chi connectivity index (χ1v) is 14.0. The third kappa shape index (κ3) is 5.29. The number of benzene rings is 2. The first kappa shape index (κ1) is 26.7. The second-order valence-electron chi connectivity index (χ2n) is 11.4. The van der Waals surface area contributed by atoms with E-state index in [9.17, 15) is 18.7 Å². The maximum atomic E-state index is 14.9. The molecular formula is C32H34F2N2O4. The number of alkyl halides is 1. The molecule has 40 heavy (non-hydrogen) atoms. The summed E-state index contributed by atoms with van der Waals surface area (Å²) in [5.41, 5.74) is 5.13. The molecule has 8 heteroatoms. The van der Waals surface area contributed by atoms with E-state index in [2.05, 4.69) is 17.1 Å². The molecule has 1 saturated heterocycles. The van der Waals surface area contributed by atoms with Gasteiger partial charge in [-0.2, -0.15) is 0 Å². The molecule has 0 amide bonds. The van der Waals surface area contributed by atoms with Crippen LogP contribution < -0.4 is 9.47 Å². The summed E-state index contributed by atoms with van der Waals surface area (Å²) in [5.74, 6) is -0.183. The lowest BCUT2D eigenvalue weighted by atomic mass is 9.82. The van der Waals surface area contributed by atoms with Crippen molar-refractivity contribution < 1.29 is 28.2 Å². The second kappa shape index (κ2) is 10.8. The van der Waals surface area contributed by atoms with Crippen molar-refractivity contribution in [2.45, 2.75) is 57.3 Å². The largest absolute Gasteiger partial charge is 0.485 e. The Labute approximate surface area is 232 Å². The Morgan fingerprint density at radius 3 is 2.65 bits per heavy atom. The number of halogens is 2. The number of aromatic nitrogens is 1. The lowest BCUT2D eigenvalue weighted by molar-refractivity contribution is -0.142. The Balaban J connectivity index is 1.31. The van der Waals surface area contributed by atoms with Crippen molar-refractivity contribution in [3.63, 3.8) is 0 Å². The molecule has 3 heterocycles. The summed E-state index contributed by atoms with van der Waals surface area (Å²) in [4.78, 5) is 17.8. The van der Waals surface area contributed by atoms with E-state index in [4.69, 9.17) is 9.47 Å². The Morgan fingerprint density at radius 1 is 1.15 bits per heavy atom. The Bertz CT molecular complexity index is 1420. The number of carbonyl (C=O) groups is 1. The minimum absolute atomic E-state index is 0.0271. The smallest absolute Gasteiger partial charge is 0.306 e. The Hall–Kier alpha value is -3.52. The van der Waals surface area contributed by atoms with E-state index in [-0.39, 0.29) is 12.0 Å². The third-order valence-corrected chi connectivity index (χ3v) is 8.62. The number of methoxy groups -OCH3 is 1. The van der Waals surface area contributed by atoms with E-state index < -0.39 is 23.9 Å². The number of pyridine rings is 1. The van der Waals surface area contributed by atoms with Crippen LogP contribution in [0.3, 0.4) is 0 Å². The molecule has 1 N–H and O–H groups in total. The van der Waals surface area contributed by atoms with E-state index in [0.717, 1.165) is 65.4 Å². The minimum Gasteiger partial charge on any atom is -0.485 e. The maximum absolute atomic E-state index is 14.9. The fourth-order valence-electron chi connectivity index (χ4n) is 6.23. The highest BCUT2D eigenvalue weighted by Gasteiger charge is 2.39. The molecule has 2 aliphatic heterocycles. The van der Waals surface area contributed by atoms with Crippen LogP contribution >= 0.6 is 0 Å². The van der Waals surface area contributed by atoms with Gasteiger partial charge in [-0.15, -0.1) is 0 Å². The SMILES string of the molecule is COc1cc(-c2ccc(C3CCc4ccc(C(C5CC5)[C@H](C)C(=O)O)cc4O3)cc2CN2CC(F)C2)c(F)cn1. The van der Waals surface area contributed by atoms with E-state index in [1.54, 1.807) is 13.0 Å². The van der Waals surface area contributed by atoms with Gasteiger partial charge in [-0.25, -0.2) is 13.8 Å². The first-order valence-electron chi connectivity index (χ1n) is 14.0. The number of hydrogen-bond donors (Lipinski definition) is 1. The van der Waals surface area contributed by atoms with Crippen LogP contribution in [0.2, 0.25) is 0 Å². The third-order valence-electron chi connectivity index (χ3n) is 8.62. The average molecular weight is 549 g/mol. The Morgan fingerprint density at radius 2 is 1.95 bits per heavy atom. The van der Waals surface area contributed by atoms with E-state index >= 15 is 0 Å². The van der Waals surface area contributed by atoms with Crippen molar-refractivity contribution >= 4 is 5.97 Å². The van der Waals surface area contributed by atoms with Crippen molar-refractivity contribution in [3.05, 3.63) is 76.7 Å². The van der Waals surface area contributed by atoms with Gasteiger partial charge in [-0.1, -0.05) is 37.3 Å². The highest BCUT2D eigenvalue weighted by atomic mass is 19.1. The zero-order chi connectivity index (χ0) is 28.0. The number of carboxylic acid groups (broad SMARTS) is 1. The zero-order valence-electron chi connectivity index (χ0n) is 22.8. The van der Waals surface area contributed by atoms with E-state index in [1.807, 2.05) is 29.2 Å². The van der Waals surface area contributed by atoms with Crippen molar-refractivity contribution in [2.24, 2.45) is 11.8 Å². The number of ether oxygens (including phenoxy) is 2. The fourth-order valence-corrected chi connectivity index (χ4v) is 6.23. The maximum Gasteiger partial charge on any atom is 0.306 e. The summed E-state index contributed by atoms with van der Waals surface area (Å²) in [6.07, 6.45) is 3.87. The van der Waals surface area contributed by atoms with Crippen molar-refractivity contribution in [1.82, 2.24) is 9.88 Å². The van der Waals surface area contributed by atoms with Crippen LogP contribution in [-0.4, -0.2) is 47.3 Å². The highest BCUT2D eigenvalue weighted by Crippen LogP contribution is 2.48. The minimum atomic E-state index is -0.833. The summed E-state index contributed by atoms with van der Waals surface area (Å²) < 4.78 is 40.3. The molecule has 3 atom stereocenters. The van der Waals surface area contributed by atoms with Crippen LogP contribution in [0.4, 0.5) is 8.78 Å². The highest BCUT2D eigenvalue weighted by molar-refractivity contribution is 5.71. The van der Waals surface area contributed by atoms with Crippen molar-refractivity contribution in [2.75, 3.05) is 20.2 Å². The standard InChI is InChI=1S/C32H34F2N2O4/c1-18(32(37)38)31(20-4-5-20)22-6-3-19-8-10-28(40-29(19)12-22)21-7-9-25(23(11-21)15-36-16-24(33)17-36)26-13-30(39-2)35-14-27(26)34/h3,6-7,9,11-14,18,20,24,28,31H,4-5,8,10,15-17H2,1-2H3,(H,37,38)/t18-,28?,31?/m0/s1. The van der Waals surface area contributed by atoms with Crippen LogP contribution in [-0.2, 0) is 17.8 Å². The molecular weight excluding hydrogens is 514 g/mol.